The summed E-state index contributed by atoms with van der Waals surface area (Å²) < 4.78 is 4.50. The predicted molar refractivity (Wildman–Crippen MR) is 52.9 cm³/mol. The lowest BCUT2D eigenvalue weighted by Crippen LogP contribution is -2.09. The third-order valence-electron chi connectivity index (χ3n) is 1.79. The second kappa shape index (κ2) is 4.90. The quantitative estimate of drug-likeness (QED) is 0.755. The van der Waals surface area contributed by atoms with E-state index >= 15 is 0 Å². The van der Waals surface area contributed by atoms with Gasteiger partial charge in [0.25, 0.3) is 0 Å². The van der Waals surface area contributed by atoms with Crippen LogP contribution in [0.3, 0.4) is 0 Å². The van der Waals surface area contributed by atoms with Crippen molar-refractivity contribution in [1.82, 2.24) is 0 Å². The molecule has 1 aromatic heterocycles. The zero-order valence-electron chi connectivity index (χ0n) is 7.97. The van der Waals surface area contributed by atoms with E-state index in [-0.39, 0.29) is 4.88 Å². The van der Waals surface area contributed by atoms with Crippen molar-refractivity contribution < 1.29 is 24.5 Å². The fourth-order valence-corrected chi connectivity index (χ4v) is 1.99. The van der Waals surface area contributed by atoms with Crippen molar-refractivity contribution in [3.05, 3.63) is 21.9 Å². The number of esters is 1. The first kappa shape index (κ1) is 11.7. The summed E-state index contributed by atoms with van der Waals surface area (Å²) in [6, 6.07) is 1.52. The van der Waals surface area contributed by atoms with Crippen molar-refractivity contribution in [3.63, 3.8) is 0 Å². The molecule has 0 bridgehead atoms. The minimum Gasteiger partial charge on any atom is -0.481 e. The van der Waals surface area contributed by atoms with Gasteiger partial charge in [0.15, 0.2) is 0 Å². The Hall–Kier alpha value is -1.40. The van der Waals surface area contributed by atoms with Crippen molar-refractivity contribution in [1.29, 1.82) is 0 Å². The number of hydrogen-bond acceptors (Lipinski definition) is 5. The molecule has 0 aromatic carbocycles. The zero-order valence-corrected chi connectivity index (χ0v) is 8.78. The van der Waals surface area contributed by atoms with Crippen LogP contribution >= 0.6 is 11.3 Å². The molecule has 1 atom stereocenters. The minimum absolute atomic E-state index is 0.242. The van der Waals surface area contributed by atoms with Crippen LogP contribution in [0.2, 0.25) is 0 Å². The zero-order chi connectivity index (χ0) is 11.4. The van der Waals surface area contributed by atoms with Gasteiger partial charge in [-0.15, -0.1) is 11.3 Å². The van der Waals surface area contributed by atoms with Gasteiger partial charge in [0, 0.05) is 5.56 Å². The summed E-state index contributed by atoms with van der Waals surface area (Å²) in [7, 11) is 1.23. The summed E-state index contributed by atoms with van der Waals surface area (Å²) in [6.07, 6.45) is -1.61. The minimum atomic E-state index is -1.18. The lowest BCUT2D eigenvalue weighted by molar-refractivity contribution is -0.139. The Morgan fingerprint density at radius 3 is 2.80 bits per heavy atom. The van der Waals surface area contributed by atoms with Gasteiger partial charge in [-0.2, -0.15) is 0 Å². The fraction of sp³-hybridized carbons (Fsp3) is 0.333. The SMILES string of the molecule is COC(=O)c1sccc1[C@H](O)CC(=O)O. The molecule has 82 valence electrons. The molecule has 0 aliphatic carbocycles. The number of carbonyl (C=O) groups is 2. The maximum atomic E-state index is 11.2. The maximum absolute atomic E-state index is 11.2. The Morgan fingerprint density at radius 2 is 2.27 bits per heavy atom. The molecule has 0 saturated heterocycles. The van der Waals surface area contributed by atoms with E-state index in [0.29, 0.717) is 5.56 Å². The second-order valence-electron chi connectivity index (χ2n) is 2.81. The summed E-state index contributed by atoms with van der Waals surface area (Å²) in [5.74, 6) is -1.69. The first-order valence-electron chi connectivity index (χ1n) is 4.11. The summed E-state index contributed by atoms with van der Waals surface area (Å²) >= 11 is 1.11. The maximum Gasteiger partial charge on any atom is 0.348 e. The molecule has 0 radical (unpaired) electrons. The molecule has 0 amide bonds. The lowest BCUT2D eigenvalue weighted by atomic mass is 10.1. The predicted octanol–water partition coefficient (Wildman–Crippen LogP) is 1.04. The van der Waals surface area contributed by atoms with E-state index in [4.69, 9.17) is 5.11 Å². The van der Waals surface area contributed by atoms with E-state index in [9.17, 15) is 14.7 Å². The van der Waals surface area contributed by atoms with Crippen LogP contribution in [0.1, 0.15) is 27.8 Å². The normalized spacial score (nSPS) is 12.1. The molecule has 5 nitrogen and oxygen atoms in total. The van der Waals surface area contributed by atoms with Crippen molar-refractivity contribution in [2.24, 2.45) is 0 Å². The average molecular weight is 230 g/mol. The summed E-state index contributed by atoms with van der Waals surface area (Å²) in [5.41, 5.74) is 0.300. The van der Waals surface area contributed by atoms with E-state index in [1.165, 1.54) is 13.2 Å². The van der Waals surface area contributed by atoms with Gasteiger partial charge in [-0.3, -0.25) is 4.79 Å². The van der Waals surface area contributed by atoms with Crippen LogP contribution in [0.25, 0.3) is 0 Å². The molecular formula is C9H10O5S. The molecule has 0 fully saturated rings. The number of carboxylic acids is 1. The highest BCUT2D eigenvalue weighted by Crippen LogP contribution is 2.26. The standard InChI is InChI=1S/C9H10O5S/c1-14-9(13)8-5(2-3-15-8)6(10)4-7(11)12/h2-3,6,10H,4H2,1H3,(H,11,12)/t6-/m1/s1. The van der Waals surface area contributed by atoms with Crippen molar-refractivity contribution in [2.45, 2.75) is 12.5 Å². The van der Waals surface area contributed by atoms with Gasteiger partial charge >= 0.3 is 11.9 Å². The summed E-state index contributed by atoms with van der Waals surface area (Å²) in [4.78, 5) is 21.8. The van der Waals surface area contributed by atoms with Crippen molar-refractivity contribution in [3.8, 4) is 0 Å². The number of carbonyl (C=O) groups excluding carboxylic acids is 1. The molecule has 1 aromatic rings. The number of aliphatic hydroxyl groups is 1. The van der Waals surface area contributed by atoms with E-state index in [1.54, 1.807) is 5.38 Å². The fourth-order valence-electron chi connectivity index (χ4n) is 1.12. The molecule has 0 aliphatic rings. The highest BCUT2D eigenvalue weighted by molar-refractivity contribution is 7.12. The number of carboxylic acid groups (broad SMARTS) is 1. The third kappa shape index (κ3) is 2.77. The van der Waals surface area contributed by atoms with Crippen LogP contribution in [0.5, 0.6) is 0 Å². The molecule has 2 N–H and O–H groups in total. The van der Waals surface area contributed by atoms with E-state index < -0.39 is 24.5 Å². The molecule has 0 saturated carbocycles. The Kier molecular flexibility index (Phi) is 3.81. The van der Waals surface area contributed by atoms with Gasteiger partial charge in [0.05, 0.1) is 19.6 Å². The largest absolute Gasteiger partial charge is 0.481 e. The second-order valence-corrected chi connectivity index (χ2v) is 3.73. The number of methoxy groups -OCH3 is 1. The van der Waals surface area contributed by atoms with E-state index in [2.05, 4.69) is 4.74 Å². The Bertz CT molecular complexity index is 370. The summed E-state index contributed by atoms with van der Waals surface area (Å²) in [5, 5.41) is 19.6. The van der Waals surface area contributed by atoms with Gasteiger partial charge in [-0.25, -0.2) is 4.79 Å². The van der Waals surface area contributed by atoms with Crippen LogP contribution in [0, 0.1) is 0 Å². The average Bonchev–Trinajstić information content (AvgIpc) is 2.63. The lowest BCUT2D eigenvalue weighted by Gasteiger charge is -2.07. The van der Waals surface area contributed by atoms with Crippen LogP contribution in [-0.4, -0.2) is 29.3 Å². The van der Waals surface area contributed by atoms with Gasteiger partial charge in [-0.1, -0.05) is 0 Å². The van der Waals surface area contributed by atoms with Gasteiger partial charge in [-0.05, 0) is 11.4 Å². The summed E-state index contributed by atoms with van der Waals surface area (Å²) in [6.45, 7) is 0. The Morgan fingerprint density at radius 1 is 1.60 bits per heavy atom. The van der Waals surface area contributed by atoms with Crippen LogP contribution in [-0.2, 0) is 9.53 Å². The number of thiophene rings is 1. The van der Waals surface area contributed by atoms with E-state index in [1.807, 2.05) is 0 Å². The smallest absolute Gasteiger partial charge is 0.348 e. The number of aliphatic carboxylic acids is 1. The monoisotopic (exact) mass is 230 g/mol. The highest BCUT2D eigenvalue weighted by Gasteiger charge is 2.21. The van der Waals surface area contributed by atoms with Crippen LogP contribution < -0.4 is 0 Å². The Balaban J connectivity index is 2.89. The topological polar surface area (TPSA) is 83.8 Å². The van der Waals surface area contributed by atoms with Crippen molar-refractivity contribution in [2.75, 3.05) is 7.11 Å². The first-order valence-corrected chi connectivity index (χ1v) is 4.99. The highest BCUT2D eigenvalue weighted by atomic mass is 32.1. The number of hydrogen-bond donors (Lipinski definition) is 2. The molecule has 1 heterocycles. The van der Waals surface area contributed by atoms with Crippen LogP contribution in [0.15, 0.2) is 11.4 Å². The molecule has 0 aliphatic heterocycles. The van der Waals surface area contributed by atoms with Crippen molar-refractivity contribution >= 4 is 23.3 Å². The van der Waals surface area contributed by atoms with Gasteiger partial charge in [0.2, 0.25) is 0 Å². The van der Waals surface area contributed by atoms with Gasteiger partial charge in [0.1, 0.15) is 4.88 Å². The molecular weight excluding hydrogens is 220 g/mol. The molecule has 15 heavy (non-hydrogen) atoms. The number of rotatable bonds is 4. The molecule has 6 heteroatoms. The first-order chi connectivity index (χ1) is 7.06. The number of aliphatic hydroxyl groups excluding tert-OH is 1. The van der Waals surface area contributed by atoms with Gasteiger partial charge < -0.3 is 14.9 Å². The van der Waals surface area contributed by atoms with Crippen LogP contribution in [0.4, 0.5) is 0 Å². The van der Waals surface area contributed by atoms with E-state index in [0.717, 1.165) is 11.3 Å². The Labute approximate surface area is 89.9 Å². The molecule has 0 spiro atoms. The molecule has 0 unspecified atom stereocenters. The number of ether oxygens (including phenoxy) is 1. The molecule has 1 rings (SSSR count). The third-order valence-corrected chi connectivity index (χ3v) is 2.70.